The average molecular weight is 469 g/mol. The van der Waals surface area contributed by atoms with E-state index in [2.05, 4.69) is 20.2 Å². The van der Waals surface area contributed by atoms with Gasteiger partial charge in [-0.3, -0.25) is 9.52 Å². The predicted molar refractivity (Wildman–Crippen MR) is 113 cm³/mol. The van der Waals surface area contributed by atoms with E-state index >= 15 is 0 Å². The number of nitrogens with one attached hydrogen (secondary N) is 2. The van der Waals surface area contributed by atoms with Crippen molar-refractivity contribution in [1.29, 1.82) is 0 Å². The van der Waals surface area contributed by atoms with Crippen LogP contribution in [0.3, 0.4) is 0 Å². The van der Waals surface area contributed by atoms with Crippen molar-refractivity contribution in [2.24, 2.45) is 0 Å². The van der Waals surface area contributed by atoms with Crippen molar-refractivity contribution in [3.63, 3.8) is 0 Å². The van der Waals surface area contributed by atoms with Crippen LogP contribution in [0.4, 0.5) is 5.69 Å². The van der Waals surface area contributed by atoms with Crippen LogP contribution in [0.1, 0.15) is 28.5 Å². The van der Waals surface area contributed by atoms with Gasteiger partial charge in [-0.05, 0) is 55.8 Å². The number of aryl methyl sites for hydroxylation is 2. The van der Waals surface area contributed by atoms with Gasteiger partial charge in [0.25, 0.3) is 15.9 Å². The van der Waals surface area contributed by atoms with Gasteiger partial charge in [-0.1, -0.05) is 28.4 Å². The summed E-state index contributed by atoms with van der Waals surface area (Å²) in [5.41, 5.74) is 0.492. The maximum atomic E-state index is 12.7. The van der Waals surface area contributed by atoms with Crippen LogP contribution < -0.4 is 10.0 Å². The topological polar surface area (TPSA) is 114 Å². The van der Waals surface area contributed by atoms with Gasteiger partial charge in [-0.15, -0.1) is 0 Å². The van der Waals surface area contributed by atoms with Gasteiger partial charge in [0.15, 0.2) is 5.82 Å². The quantitative estimate of drug-likeness (QED) is 0.485. The molecule has 2 N–H and O–H groups in total. The number of carbonyl (C=O) groups excluding carboxylic acids is 1. The van der Waals surface area contributed by atoms with E-state index in [1.165, 1.54) is 30.3 Å². The Morgan fingerprint density at radius 2 is 1.87 bits per heavy atom. The molecule has 1 amide bonds. The molecule has 158 valence electrons. The molecule has 1 aromatic heterocycles. The maximum absolute atomic E-state index is 12.7. The summed E-state index contributed by atoms with van der Waals surface area (Å²) >= 11 is 11.9. The third-order valence-corrected chi connectivity index (χ3v) is 6.12. The zero-order chi connectivity index (χ0) is 21.7. The summed E-state index contributed by atoms with van der Waals surface area (Å²) in [5, 5.41) is 6.90. The maximum Gasteiger partial charge on any atom is 0.263 e. The number of nitrogens with zero attached hydrogens (tertiary/aromatic N) is 2. The van der Waals surface area contributed by atoms with Crippen LogP contribution in [0, 0.1) is 6.92 Å². The SMILES string of the molecule is Cc1noc(CCCNC(=O)c2ccc(Cl)c(S(=O)(=O)Nc3ccc(Cl)cc3)c2)n1. The molecule has 8 nitrogen and oxygen atoms in total. The first-order valence-electron chi connectivity index (χ1n) is 8.90. The van der Waals surface area contributed by atoms with Gasteiger partial charge in [0.1, 0.15) is 4.90 Å². The second-order valence-electron chi connectivity index (χ2n) is 6.35. The van der Waals surface area contributed by atoms with E-state index in [1.54, 1.807) is 19.1 Å². The minimum atomic E-state index is -4.00. The molecule has 11 heteroatoms. The summed E-state index contributed by atoms with van der Waals surface area (Å²) in [7, 11) is -4.00. The minimum absolute atomic E-state index is 0.000206. The van der Waals surface area contributed by atoms with E-state index in [1.807, 2.05) is 0 Å². The lowest BCUT2D eigenvalue weighted by atomic mass is 10.2. The van der Waals surface area contributed by atoms with Crippen LogP contribution in [0.2, 0.25) is 10.0 Å². The largest absolute Gasteiger partial charge is 0.352 e. The number of carbonyl (C=O) groups is 1. The highest BCUT2D eigenvalue weighted by atomic mass is 35.5. The highest BCUT2D eigenvalue weighted by Gasteiger charge is 2.20. The van der Waals surface area contributed by atoms with E-state index in [9.17, 15) is 13.2 Å². The fraction of sp³-hybridized carbons (Fsp3) is 0.211. The van der Waals surface area contributed by atoms with Crippen LogP contribution in [0.15, 0.2) is 51.9 Å². The molecule has 0 spiro atoms. The number of hydrogen-bond acceptors (Lipinski definition) is 6. The molecule has 0 unspecified atom stereocenters. The number of hydrogen-bond donors (Lipinski definition) is 2. The fourth-order valence-corrected chi connectivity index (χ4v) is 4.28. The van der Waals surface area contributed by atoms with Crippen molar-refractivity contribution in [3.8, 4) is 0 Å². The molecular weight excluding hydrogens is 451 g/mol. The summed E-state index contributed by atoms with van der Waals surface area (Å²) in [4.78, 5) is 16.3. The molecule has 0 saturated carbocycles. The van der Waals surface area contributed by atoms with Crippen LogP contribution in [0.25, 0.3) is 0 Å². The zero-order valence-electron chi connectivity index (χ0n) is 15.9. The third kappa shape index (κ3) is 5.71. The Labute approximate surface area is 183 Å². The molecule has 30 heavy (non-hydrogen) atoms. The van der Waals surface area contributed by atoms with Crippen LogP contribution in [-0.4, -0.2) is 31.0 Å². The Morgan fingerprint density at radius 3 is 2.53 bits per heavy atom. The molecule has 0 aliphatic rings. The van der Waals surface area contributed by atoms with Crippen molar-refractivity contribution < 1.29 is 17.7 Å². The van der Waals surface area contributed by atoms with Gasteiger partial charge >= 0.3 is 0 Å². The summed E-state index contributed by atoms with van der Waals surface area (Å²) < 4.78 is 32.9. The molecule has 2 aromatic carbocycles. The van der Waals surface area contributed by atoms with Crippen LogP contribution in [0.5, 0.6) is 0 Å². The Balaban J connectivity index is 1.65. The first kappa shape index (κ1) is 22.1. The summed E-state index contributed by atoms with van der Waals surface area (Å²) in [6, 6.07) is 10.2. The molecule has 0 aliphatic heterocycles. The average Bonchev–Trinajstić information content (AvgIpc) is 3.12. The van der Waals surface area contributed by atoms with Crippen molar-refractivity contribution in [1.82, 2.24) is 15.5 Å². The highest BCUT2D eigenvalue weighted by molar-refractivity contribution is 7.92. The van der Waals surface area contributed by atoms with Gasteiger partial charge in [-0.2, -0.15) is 4.98 Å². The number of rotatable bonds is 8. The lowest BCUT2D eigenvalue weighted by Gasteiger charge is -2.11. The van der Waals surface area contributed by atoms with Gasteiger partial charge < -0.3 is 9.84 Å². The third-order valence-electron chi connectivity index (χ3n) is 4.00. The molecule has 0 saturated heterocycles. The first-order chi connectivity index (χ1) is 14.2. The predicted octanol–water partition coefficient (Wildman–Crippen LogP) is 3.85. The standard InChI is InChI=1S/C19H18Cl2N4O4S/c1-12-23-18(29-24-12)3-2-10-22-19(26)13-4-9-16(21)17(11-13)30(27,28)25-15-7-5-14(20)6-8-15/h4-9,11,25H,2-3,10H2,1H3,(H,22,26). The van der Waals surface area contributed by atoms with E-state index in [4.69, 9.17) is 27.7 Å². The Bertz CT molecular complexity index is 1150. The Hall–Kier alpha value is -2.62. The molecule has 3 rings (SSSR count). The number of aromatic nitrogens is 2. The molecule has 0 radical (unpaired) electrons. The molecule has 0 bridgehead atoms. The molecular formula is C19H18Cl2N4O4S. The second kappa shape index (κ2) is 9.46. The van der Waals surface area contributed by atoms with Gasteiger partial charge in [0, 0.05) is 29.2 Å². The Morgan fingerprint density at radius 1 is 1.13 bits per heavy atom. The van der Waals surface area contributed by atoms with Crippen molar-refractivity contribution in [2.45, 2.75) is 24.7 Å². The van der Waals surface area contributed by atoms with Crippen LogP contribution >= 0.6 is 23.2 Å². The zero-order valence-corrected chi connectivity index (χ0v) is 18.2. The smallest absolute Gasteiger partial charge is 0.263 e. The molecule has 0 atom stereocenters. The molecule has 0 aliphatic carbocycles. The van der Waals surface area contributed by atoms with Crippen molar-refractivity contribution in [2.75, 3.05) is 11.3 Å². The highest BCUT2D eigenvalue weighted by Crippen LogP contribution is 2.25. The van der Waals surface area contributed by atoms with Gasteiger partial charge in [0.05, 0.1) is 5.02 Å². The lowest BCUT2D eigenvalue weighted by Crippen LogP contribution is -2.25. The first-order valence-corrected chi connectivity index (χ1v) is 11.1. The van der Waals surface area contributed by atoms with E-state index in [-0.39, 0.29) is 15.5 Å². The fourth-order valence-electron chi connectivity index (χ4n) is 2.56. The van der Waals surface area contributed by atoms with Crippen molar-refractivity contribution in [3.05, 3.63) is 69.8 Å². The summed E-state index contributed by atoms with van der Waals surface area (Å²) in [6.07, 6.45) is 1.11. The van der Waals surface area contributed by atoms with Gasteiger partial charge in [-0.25, -0.2) is 8.42 Å². The lowest BCUT2D eigenvalue weighted by molar-refractivity contribution is 0.0952. The molecule has 3 aromatic rings. The van der Waals surface area contributed by atoms with Gasteiger partial charge in [0.2, 0.25) is 5.89 Å². The normalized spacial score (nSPS) is 11.3. The monoisotopic (exact) mass is 468 g/mol. The van der Waals surface area contributed by atoms with E-state index in [0.717, 1.165) is 0 Å². The van der Waals surface area contributed by atoms with E-state index < -0.39 is 15.9 Å². The number of anilines is 1. The molecule has 0 fully saturated rings. The number of sulfonamides is 1. The molecule has 1 heterocycles. The number of halogens is 2. The van der Waals surface area contributed by atoms with Crippen LogP contribution in [-0.2, 0) is 16.4 Å². The number of benzene rings is 2. The van der Waals surface area contributed by atoms with Crippen molar-refractivity contribution >= 4 is 44.8 Å². The summed E-state index contributed by atoms with van der Waals surface area (Å²) in [6.45, 7) is 2.08. The summed E-state index contributed by atoms with van der Waals surface area (Å²) in [5.74, 6) is 0.627. The Kier molecular flexibility index (Phi) is 6.96. The second-order valence-corrected chi connectivity index (χ2v) is 8.85. The number of amides is 1. The van der Waals surface area contributed by atoms with E-state index in [0.29, 0.717) is 41.8 Å². The minimum Gasteiger partial charge on any atom is -0.352 e.